The molecule has 0 bridgehead atoms. The normalized spacial score (nSPS) is 15.2. The summed E-state index contributed by atoms with van der Waals surface area (Å²) in [6, 6.07) is 2.30. The van der Waals surface area contributed by atoms with Crippen molar-refractivity contribution in [3.8, 4) is 0 Å². The second kappa shape index (κ2) is 4.74. The Hall–Kier alpha value is -2.51. The zero-order valence-corrected chi connectivity index (χ0v) is 12.3. The van der Waals surface area contributed by atoms with Crippen molar-refractivity contribution < 1.29 is 13.2 Å². The Morgan fingerprint density at radius 1 is 1.26 bits per heavy atom. The molecule has 23 heavy (non-hydrogen) atoms. The molecule has 8 heteroatoms. The lowest BCUT2D eigenvalue weighted by atomic mass is 10.1. The van der Waals surface area contributed by atoms with E-state index in [2.05, 4.69) is 20.2 Å². The van der Waals surface area contributed by atoms with E-state index in [1.54, 1.807) is 6.20 Å². The van der Waals surface area contributed by atoms with E-state index in [0.717, 1.165) is 23.3 Å². The standard InChI is InChI=1S/C15H14F3N5/c1-8-20-11-2-3-23(7-13(11)21-8)14-5-9(15(16,17)18)4-12-10(14)6-19-22-12/h4-6H,2-3,7H2,1H3,(H,19,22)(H,20,21). The van der Waals surface area contributed by atoms with Crippen LogP contribution in [0, 0.1) is 6.92 Å². The van der Waals surface area contributed by atoms with Crippen molar-refractivity contribution in [3.05, 3.63) is 41.1 Å². The third kappa shape index (κ3) is 2.34. The maximum Gasteiger partial charge on any atom is 0.416 e. The molecule has 2 aromatic heterocycles. The van der Waals surface area contributed by atoms with Gasteiger partial charge in [0.25, 0.3) is 0 Å². The molecule has 120 valence electrons. The van der Waals surface area contributed by atoms with E-state index < -0.39 is 11.7 Å². The first-order valence-electron chi connectivity index (χ1n) is 7.25. The smallest absolute Gasteiger partial charge is 0.365 e. The molecular weight excluding hydrogens is 307 g/mol. The average Bonchev–Trinajstić information content (AvgIpc) is 3.08. The Balaban J connectivity index is 1.81. The summed E-state index contributed by atoms with van der Waals surface area (Å²) >= 11 is 0. The average molecular weight is 321 g/mol. The Kier molecular flexibility index (Phi) is 2.91. The summed E-state index contributed by atoms with van der Waals surface area (Å²) in [5, 5.41) is 7.22. The molecule has 0 aliphatic carbocycles. The molecule has 4 rings (SSSR count). The number of halogens is 3. The largest absolute Gasteiger partial charge is 0.416 e. The molecule has 3 aromatic rings. The molecule has 1 aromatic carbocycles. The predicted molar refractivity (Wildman–Crippen MR) is 79.2 cm³/mol. The number of aromatic nitrogens is 4. The minimum absolute atomic E-state index is 0.390. The summed E-state index contributed by atoms with van der Waals surface area (Å²) in [4.78, 5) is 9.53. The fraction of sp³-hybridized carbons (Fsp3) is 0.333. The monoisotopic (exact) mass is 321 g/mol. The van der Waals surface area contributed by atoms with E-state index in [1.165, 1.54) is 6.07 Å². The van der Waals surface area contributed by atoms with Gasteiger partial charge in [-0.25, -0.2) is 4.98 Å². The van der Waals surface area contributed by atoms with E-state index in [1.807, 2.05) is 11.8 Å². The number of rotatable bonds is 1. The summed E-state index contributed by atoms with van der Waals surface area (Å²) in [7, 11) is 0. The molecule has 1 aliphatic rings. The fourth-order valence-electron chi connectivity index (χ4n) is 3.10. The zero-order valence-electron chi connectivity index (χ0n) is 12.3. The second-order valence-corrected chi connectivity index (χ2v) is 5.74. The molecule has 0 saturated heterocycles. The maximum atomic E-state index is 13.1. The fourth-order valence-corrected chi connectivity index (χ4v) is 3.10. The quantitative estimate of drug-likeness (QED) is 0.724. The topological polar surface area (TPSA) is 60.6 Å². The molecule has 0 unspecified atom stereocenters. The molecule has 3 heterocycles. The highest BCUT2D eigenvalue weighted by Gasteiger charge is 2.33. The lowest BCUT2D eigenvalue weighted by Crippen LogP contribution is -2.30. The van der Waals surface area contributed by atoms with E-state index in [0.29, 0.717) is 36.1 Å². The van der Waals surface area contributed by atoms with Crippen molar-refractivity contribution in [2.24, 2.45) is 0 Å². The van der Waals surface area contributed by atoms with Gasteiger partial charge in [-0.05, 0) is 19.1 Å². The Labute approximate surface area is 129 Å². The van der Waals surface area contributed by atoms with E-state index in [4.69, 9.17) is 0 Å². The highest BCUT2D eigenvalue weighted by atomic mass is 19.4. The van der Waals surface area contributed by atoms with E-state index in [9.17, 15) is 13.2 Å². The molecule has 0 saturated carbocycles. The summed E-state index contributed by atoms with van der Waals surface area (Å²) in [6.45, 7) is 3.01. The predicted octanol–water partition coefficient (Wildman–Crippen LogP) is 3.18. The van der Waals surface area contributed by atoms with Gasteiger partial charge >= 0.3 is 6.18 Å². The van der Waals surface area contributed by atoms with Gasteiger partial charge in [0.1, 0.15) is 5.82 Å². The molecule has 1 aliphatic heterocycles. The Bertz CT molecular complexity index is 877. The SMILES string of the molecule is Cc1nc2c([nH]1)CN(c1cc(C(F)(F)F)cc3[nH]ncc13)CC2. The van der Waals surface area contributed by atoms with Crippen molar-refractivity contribution in [1.82, 2.24) is 20.2 Å². The van der Waals surface area contributed by atoms with Crippen molar-refractivity contribution in [1.29, 1.82) is 0 Å². The van der Waals surface area contributed by atoms with Gasteiger partial charge in [-0.3, -0.25) is 5.10 Å². The number of H-pyrrole nitrogens is 2. The van der Waals surface area contributed by atoms with Crippen LogP contribution in [0.4, 0.5) is 18.9 Å². The van der Waals surface area contributed by atoms with Crippen LogP contribution in [0.1, 0.15) is 22.8 Å². The van der Waals surface area contributed by atoms with Crippen LogP contribution in [0.25, 0.3) is 10.9 Å². The van der Waals surface area contributed by atoms with Crippen LogP contribution in [0.2, 0.25) is 0 Å². The molecule has 2 N–H and O–H groups in total. The van der Waals surface area contributed by atoms with Gasteiger partial charge in [0, 0.05) is 24.0 Å². The van der Waals surface area contributed by atoms with Gasteiger partial charge in [-0.15, -0.1) is 0 Å². The molecule has 0 atom stereocenters. The van der Waals surface area contributed by atoms with Crippen LogP contribution >= 0.6 is 0 Å². The summed E-state index contributed by atoms with van der Waals surface area (Å²) < 4.78 is 39.4. The number of aromatic amines is 2. The Morgan fingerprint density at radius 3 is 2.87 bits per heavy atom. The van der Waals surface area contributed by atoms with Gasteiger partial charge in [0.05, 0.1) is 35.2 Å². The van der Waals surface area contributed by atoms with Gasteiger partial charge in [0.15, 0.2) is 0 Å². The minimum Gasteiger partial charge on any atom is -0.365 e. The van der Waals surface area contributed by atoms with Crippen LogP contribution in [-0.2, 0) is 19.1 Å². The van der Waals surface area contributed by atoms with E-state index in [-0.39, 0.29) is 0 Å². The zero-order chi connectivity index (χ0) is 16.2. The van der Waals surface area contributed by atoms with Gasteiger partial charge < -0.3 is 9.88 Å². The third-order valence-electron chi connectivity index (χ3n) is 4.16. The van der Waals surface area contributed by atoms with Crippen LogP contribution in [0.15, 0.2) is 18.3 Å². The molecule has 0 amide bonds. The van der Waals surface area contributed by atoms with Gasteiger partial charge in [-0.2, -0.15) is 18.3 Å². The van der Waals surface area contributed by atoms with Crippen LogP contribution < -0.4 is 4.90 Å². The molecule has 5 nitrogen and oxygen atoms in total. The van der Waals surface area contributed by atoms with Crippen LogP contribution in [0.5, 0.6) is 0 Å². The number of aryl methyl sites for hydroxylation is 1. The number of benzene rings is 1. The lowest BCUT2D eigenvalue weighted by Gasteiger charge is -2.29. The molecule has 0 radical (unpaired) electrons. The van der Waals surface area contributed by atoms with Crippen molar-refractivity contribution in [2.45, 2.75) is 26.1 Å². The third-order valence-corrected chi connectivity index (χ3v) is 4.16. The Morgan fingerprint density at radius 2 is 2.09 bits per heavy atom. The van der Waals surface area contributed by atoms with Crippen LogP contribution in [0.3, 0.4) is 0 Å². The first-order valence-corrected chi connectivity index (χ1v) is 7.25. The number of fused-ring (bicyclic) bond motifs is 2. The number of imidazole rings is 1. The van der Waals surface area contributed by atoms with Gasteiger partial charge in [0.2, 0.25) is 0 Å². The summed E-state index contributed by atoms with van der Waals surface area (Å²) in [6.07, 6.45) is -2.12. The van der Waals surface area contributed by atoms with Gasteiger partial charge in [-0.1, -0.05) is 0 Å². The second-order valence-electron chi connectivity index (χ2n) is 5.74. The molecular formula is C15H14F3N5. The first kappa shape index (κ1) is 14.1. The number of nitrogens with zero attached hydrogens (tertiary/aromatic N) is 3. The molecule has 0 spiro atoms. The first-order chi connectivity index (χ1) is 10.9. The van der Waals surface area contributed by atoms with E-state index >= 15 is 0 Å². The number of nitrogens with one attached hydrogen (secondary N) is 2. The number of hydrogen-bond donors (Lipinski definition) is 2. The van der Waals surface area contributed by atoms with Crippen LogP contribution in [-0.4, -0.2) is 26.7 Å². The summed E-state index contributed by atoms with van der Waals surface area (Å²) in [5.41, 5.74) is 2.22. The number of anilines is 1. The van der Waals surface area contributed by atoms with Crippen molar-refractivity contribution in [2.75, 3.05) is 11.4 Å². The molecule has 0 fully saturated rings. The highest BCUT2D eigenvalue weighted by Crippen LogP contribution is 2.37. The summed E-state index contributed by atoms with van der Waals surface area (Å²) in [5.74, 6) is 0.828. The number of alkyl halides is 3. The lowest BCUT2D eigenvalue weighted by molar-refractivity contribution is -0.137. The highest BCUT2D eigenvalue weighted by molar-refractivity contribution is 5.92. The minimum atomic E-state index is -4.39. The number of hydrogen-bond acceptors (Lipinski definition) is 3. The van der Waals surface area contributed by atoms with Crippen molar-refractivity contribution >= 4 is 16.6 Å². The van der Waals surface area contributed by atoms with Crippen molar-refractivity contribution in [3.63, 3.8) is 0 Å². The maximum absolute atomic E-state index is 13.1.